The van der Waals surface area contributed by atoms with Crippen LogP contribution < -0.4 is 0 Å². The Morgan fingerprint density at radius 3 is 2.52 bits per heavy atom. The third kappa shape index (κ3) is 3.31. The standard InChI is InChI=1S/C20H18FNO3/c1-13(23)17-18(15-8-5-9-16(21)12-15)22(20(25)19(17)24)11-10-14-6-3-2-4-7-14/h2-9,12,18,24H,10-11H2,1H3/t18-/m0/s1. The minimum atomic E-state index is -0.774. The highest BCUT2D eigenvalue weighted by molar-refractivity contribution is 6.08. The van der Waals surface area contributed by atoms with Crippen LogP contribution in [0.25, 0.3) is 0 Å². The van der Waals surface area contributed by atoms with Crippen LogP contribution in [0.5, 0.6) is 0 Å². The van der Waals surface area contributed by atoms with Gasteiger partial charge in [-0.2, -0.15) is 0 Å². The maximum atomic E-state index is 13.7. The number of amides is 1. The molecule has 2 aromatic rings. The lowest BCUT2D eigenvalue weighted by molar-refractivity contribution is -0.129. The molecule has 25 heavy (non-hydrogen) atoms. The van der Waals surface area contributed by atoms with Crippen LogP contribution in [-0.2, 0) is 16.0 Å². The van der Waals surface area contributed by atoms with Crippen molar-refractivity contribution in [2.24, 2.45) is 0 Å². The van der Waals surface area contributed by atoms with Crippen molar-refractivity contribution in [1.82, 2.24) is 4.90 Å². The van der Waals surface area contributed by atoms with Crippen molar-refractivity contribution in [3.05, 3.63) is 82.9 Å². The molecule has 0 aromatic heterocycles. The third-order valence-corrected chi connectivity index (χ3v) is 4.33. The Bertz CT molecular complexity index is 845. The molecule has 5 heteroatoms. The average Bonchev–Trinajstić information content (AvgIpc) is 2.85. The molecule has 1 N–H and O–H groups in total. The number of rotatable bonds is 5. The Kier molecular flexibility index (Phi) is 4.65. The van der Waals surface area contributed by atoms with E-state index in [2.05, 4.69) is 0 Å². The van der Waals surface area contributed by atoms with E-state index in [1.807, 2.05) is 30.3 Å². The fourth-order valence-electron chi connectivity index (χ4n) is 3.16. The average molecular weight is 339 g/mol. The van der Waals surface area contributed by atoms with E-state index in [-0.39, 0.29) is 5.57 Å². The smallest absolute Gasteiger partial charge is 0.290 e. The summed E-state index contributed by atoms with van der Waals surface area (Å²) < 4.78 is 13.7. The minimum Gasteiger partial charge on any atom is -0.503 e. The van der Waals surface area contributed by atoms with Gasteiger partial charge >= 0.3 is 0 Å². The molecule has 0 fully saturated rings. The van der Waals surface area contributed by atoms with Gasteiger partial charge in [-0.15, -0.1) is 0 Å². The van der Waals surface area contributed by atoms with Gasteiger partial charge in [-0.1, -0.05) is 42.5 Å². The second-order valence-electron chi connectivity index (χ2n) is 6.01. The van der Waals surface area contributed by atoms with Crippen molar-refractivity contribution in [3.63, 3.8) is 0 Å². The van der Waals surface area contributed by atoms with E-state index < -0.39 is 29.3 Å². The van der Waals surface area contributed by atoms with Crippen LogP contribution in [0.15, 0.2) is 65.9 Å². The van der Waals surface area contributed by atoms with Gasteiger partial charge in [0.15, 0.2) is 11.5 Å². The van der Waals surface area contributed by atoms with Crippen molar-refractivity contribution < 1.29 is 19.1 Å². The van der Waals surface area contributed by atoms with Gasteiger partial charge in [0, 0.05) is 6.54 Å². The fourth-order valence-corrected chi connectivity index (χ4v) is 3.16. The molecule has 0 saturated heterocycles. The Morgan fingerprint density at radius 1 is 1.16 bits per heavy atom. The Hall–Kier alpha value is -2.95. The van der Waals surface area contributed by atoms with Gasteiger partial charge < -0.3 is 10.0 Å². The molecule has 1 atom stereocenters. The number of carbonyl (C=O) groups is 2. The molecule has 0 unspecified atom stereocenters. The van der Waals surface area contributed by atoms with Crippen molar-refractivity contribution in [2.45, 2.75) is 19.4 Å². The van der Waals surface area contributed by atoms with Crippen LogP contribution in [-0.4, -0.2) is 28.2 Å². The summed E-state index contributed by atoms with van der Waals surface area (Å²) in [7, 11) is 0. The molecular weight excluding hydrogens is 321 g/mol. The van der Waals surface area contributed by atoms with Gasteiger partial charge in [0.25, 0.3) is 5.91 Å². The first-order valence-electron chi connectivity index (χ1n) is 8.03. The number of ketones is 1. The number of carbonyl (C=O) groups excluding carboxylic acids is 2. The number of Topliss-reactive ketones (excluding diaryl/α,β-unsaturated/α-hetero) is 1. The summed E-state index contributed by atoms with van der Waals surface area (Å²) in [5.41, 5.74) is 1.52. The van der Waals surface area contributed by atoms with Crippen LogP contribution in [0.2, 0.25) is 0 Å². The van der Waals surface area contributed by atoms with Gasteiger partial charge in [-0.25, -0.2) is 4.39 Å². The number of benzene rings is 2. The molecule has 128 valence electrons. The monoisotopic (exact) mass is 339 g/mol. The van der Waals surface area contributed by atoms with Gasteiger partial charge in [0.05, 0.1) is 11.6 Å². The lowest BCUT2D eigenvalue weighted by Gasteiger charge is -2.26. The van der Waals surface area contributed by atoms with E-state index in [1.54, 1.807) is 6.07 Å². The lowest BCUT2D eigenvalue weighted by atomic mass is 9.96. The zero-order chi connectivity index (χ0) is 18.0. The second-order valence-corrected chi connectivity index (χ2v) is 6.01. The predicted octanol–water partition coefficient (Wildman–Crippen LogP) is 3.35. The summed E-state index contributed by atoms with van der Waals surface area (Å²) in [6.45, 7) is 1.61. The molecule has 3 rings (SSSR count). The fraction of sp³-hybridized carbons (Fsp3) is 0.200. The molecule has 1 amide bonds. The molecule has 0 aliphatic carbocycles. The zero-order valence-corrected chi connectivity index (χ0v) is 13.8. The van der Waals surface area contributed by atoms with Crippen LogP contribution >= 0.6 is 0 Å². The molecule has 1 aliphatic rings. The van der Waals surface area contributed by atoms with E-state index in [0.717, 1.165) is 5.56 Å². The molecule has 0 bridgehead atoms. The lowest BCUT2D eigenvalue weighted by Crippen LogP contribution is -2.33. The predicted molar refractivity (Wildman–Crippen MR) is 91.3 cm³/mol. The van der Waals surface area contributed by atoms with Crippen LogP contribution in [0.1, 0.15) is 24.1 Å². The first kappa shape index (κ1) is 16.9. The molecule has 2 aromatic carbocycles. The summed E-state index contributed by atoms with van der Waals surface area (Å²) in [6, 6.07) is 14.6. The van der Waals surface area contributed by atoms with Gasteiger partial charge in [0.2, 0.25) is 0 Å². The van der Waals surface area contributed by atoms with Gasteiger partial charge in [-0.3, -0.25) is 9.59 Å². The van der Waals surface area contributed by atoms with Gasteiger partial charge in [-0.05, 0) is 36.6 Å². The van der Waals surface area contributed by atoms with Crippen molar-refractivity contribution in [2.75, 3.05) is 6.54 Å². The Labute approximate surface area is 145 Å². The summed E-state index contributed by atoms with van der Waals surface area (Å²) in [6.07, 6.45) is 0.566. The van der Waals surface area contributed by atoms with Crippen LogP contribution in [0.4, 0.5) is 4.39 Å². The van der Waals surface area contributed by atoms with Crippen molar-refractivity contribution in [3.8, 4) is 0 Å². The summed E-state index contributed by atoms with van der Waals surface area (Å²) >= 11 is 0. The maximum Gasteiger partial charge on any atom is 0.290 e. The molecule has 4 nitrogen and oxygen atoms in total. The number of halogens is 1. The Balaban J connectivity index is 1.95. The zero-order valence-electron chi connectivity index (χ0n) is 13.8. The van der Waals surface area contributed by atoms with E-state index in [0.29, 0.717) is 18.5 Å². The largest absolute Gasteiger partial charge is 0.503 e. The molecule has 0 saturated carbocycles. The maximum absolute atomic E-state index is 13.7. The molecule has 1 heterocycles. The van der Waals surface area contributed by atoms with Crippen molar-refractivity contribution >= 4 is 11.7 Å². The van der Waals surface area contributed by atoms with E-state index in [4.69, 9.17) is 0 Å². The molecule has 0 radical (unpaired) electrons. The van der Waals surface area contributed by atoms with Gasteiger partial charge in [0.1, 0.15) is 5.82 Å². The SMILES string of the molecule is CC(=O)C1=C(O)C(=O)N(CCc2ccccc2)[C@H]1c1cccc(F)c1. The normalized spacial score (nSPS) is 17.3. The first-order chi connectivity index (χ1) is 12.0. The van der Waals surface area contributed by atoms with Crippen molar-refractivity contribution in [1.29, 1.82) is 0 Å². The number of aliphatic hydroxyl groups excluding tert-OH is 1. The number of hydrogen-bond donors (Lipinski definition) is 1. The summed E-state index contributed by atoms with van der Waals surface area (Å²) in [5.74, 6) is -2.00. The van der Waals surface area contributed by atoms with E-state index in [1.165, 1.54) is 30.0 Å². The first-order valence-corrected chi connectivity index (χ1v) is 8.03. The second kappa shape index (κ2) is 6.89. The molecule has 1 aliphatic heterocycles. The molecular formula is C20H18FNO3. The Morgan fingerprint density at radius 2 is 1.88 bits per heavy atom. The van der Waals surface area contributed by atoms with Crippen LogP contribution in [0.3, 0.4) is 0 Å². The van der Waals surface area contributed by atoms with E-state index >= 15 is 0 Å². The minimum absolute atomic E-state index is 0.0173. The highest BCUT2D eigenvalue weighted by Crippen LogP contribution is 2.37. The topological polar surface area (TPSA) is 57.6 Å². The molecule has 0 spiro atoms. The quantitative estimate of drug-likeness (QED) is 0.909. The highest BCUT2D eigenvalue weighted by Gasteiger charge is 2.42. The number of aliphatic hydroxyl groups is 1. The van der Waals surface area contributed by atoms with E-state index in [9.17, 15) is 19.1 Å². The number of hydrogen-bond acceptors (Lipinski definition) is 3. The third-order valence-electron chi connectivity index (χ3n) is 4.33. The highest BCUT2D eigenvalue weighted by atomic mass is 19.1. The summed E-state index contributed by atoms with van der Waals surface area (Å²) in [5, 5.41) is 10.2. The number of nitrogens with zero attached hydrogens (tertiary/aromatic N) is 1. The van der Waals surface area contributed by atoms with Crippen LogP contribution in [0, 0.1) is 5.82 Å². The summed E-state index contributed by atoms with van der Waals surface area (Å²) in [4.78, 5) is 25.9.